The van der Waals surface area contributed by atoms with Crippen LogP contribution < -0.4 is 0 Å². The third kappa shape index (κ3) is 2.35. The molecular formula is C10H8FNOS2. The number of thiocarbonyl (C=S) groups is 1. The van der Waals surface area contributed by atoms with Crippen LogP contribution in [-0.2, 0) is 11.3 Å². The van der Waals surface area contributed by atoms with Gasteiger partial charge in [-0.25, -0.2) is 4.39 Å². The van der Waals surface area contributed by atoms with Crippen LogP contribution in [0.25, 0.3) is 0 Å². The molecule has 1 saturated heterocycles. The highest BCUT2D eigenvalue weighted by Crippen LogP contribution is 2.21. The second-order valence-corrected chi connectivity index (χ2v) is 4.77. The maximum absolute atomic E-state index is 12.6. The van der Waals surface area contributed by atoms with Gasteiger partial charge in [0.25, 0.3) is 0 Å². The topological polar surface area (TPSA) is 20.3 Å². The highest BCUT2D eigenvalue weighted by Gasteiger charge is 2.26. The van der Waals surface area contributed by atoms with Crippen molar-refractivity contribution in [2.75, 3.05) is 5.75 Å². The third-order valence-corrected chi connectivity index (χ3v) is 3.53. The average Bonchev–Trinajstić information content (AvgIpc) is 2.53. The second-order valence-electron chi connectivity index (χ2n) is 3.16. The molecule has 0 saturated carbocycles. The Morgan fingerprint density at radius 2 is 2.07 bits per heavy atom. The first-order valence-electron chi connectivity index (χ1n) is 4.38. The van der Waals surface area contributed by atoms with Crippen LogP contribution in [0.1, 0.15) is 5.56 Å². The number of hydrogen-bond donors (Lipinski definition) is 0. The van der Waals surface area contributed by atoms with Crippen LogP contribution in [0, 0.1) is 5.82 Å². The van der Waals surface area contributed by atoms with E-state index in [0.717, 1.165) is 5.56 Å². The number of thioether (sulfide) groups is 1. The smallest absolute Gasteiger partial charge is 0.238 e. The summed E-state index contributed by atoms with van der Waals surface area (Å²) in [5.74, 6) is 0.165. The van der Waals surface area contributed by atoms with Gasteiger partial charge in [-0.3, -0.25) is 9.69 Å². The first-order chi connectivity index (χ1) is 7.16. The van der Waals surface area contributed by atoms with Crippen LogP contribution in [0.4, 0.5) is 4.39 Å². The van der Waals surface area contributed by atoms with Gasteiger partial charge in [0.2, 0.25) is 5.91 Å². The zero-order valence-electron chi connectivity index (χ0n) is 7.77. The van der Waals surface area contributed by atoms with E-state index in [9.17, 15) is 9.18 Å². The van der Waals surface area contributed by atoms with Crippen LogP contribution in [0.3, 0.4) is 0 Å². The Labute approximate surface area is 96.5 Å². The summed E-state index contributed by atoms with van der Waals surface area (Å²) < 4.78 is 13.2. The van der Waals surface area contributed by atoms with Gasteiger partial charge in [-0.05, 0) is 17.7 Å². The maximum atomic E-state index is 12.6. The van der Waals surface area contributed by atoms with E-state index in [1.54, 1.807) is 17.0 Å². The van der Waals surface area contributed by atoms with Gasteiger partial charge in [0.05, 0.1) is 12.3 Å². The molecule has 0 spiro atoms. The SMILES string of the molecule is O=C1CSC(=S)N1Cc1ccc(F)cc1. The molecule has 0 radical (unpaired) electrons. The molecule has 0 aliphatic carbocycles. The summed E-state index contributed by atoms with van der Waals surface area (Å²) in [7, 11) is 0. The Morgan fingerprint density at radius 3 is 2.60 bits per heavy atom. The molecule has 1 aromatic carbocycles. The minimum absolute atomic E-state index is 0.0225. The predicted octanol–water partition coefficient (Wildman–Crippen LogP) is 2.19. The van der Waals surface area contributed by atoms with Crippen molar-refractivity contribution in [1.29, 1.82) is 0 Å². The Balaban J connectivity index is 2.11. The molecule has 1 aromatic rings. The minimum atomic E-state index is -0.275. The lowest BCUT2D eigenvalue weighted by molar-refractivity contribution is -0.124. The van der Waals surface area contributed by atoms with Gasteiger partial charge in [-0.2, -0.15) is 0 Å². The van der Waals surface area contributed by atoms with Crippen LogP contribution >= 0.6 is 24.0 Å². The van der Waals surface area contributed by atoms with Crippen molar-refractivity contribution in [3.05, 3.63) is 35.6 Å². The molecule has 1 amide bonds. The summed E-state index contributed by atoms with van der Waals surface area (Å²) in [4.78, 5) is 12.9. The summed E-state index contributed by atoms with van der Waals surface area (Å²) >= 11 is 6.41. The van der Waals surface area contributed by atoms with Crippen molar-refractivity contribution in [2.24, 2.45) is 0 Å². The lowest BCUT2D eigenvalue weighted by atomic mass is 10.2. The van der Waals surface area contributed by atoms with Gasteiger partial charge < -0.3 is 0 Å². The Morgan fingerprint density at radius 1 is 1.40 bits per heavy atom. The molecule has 0 unspecified atom stereocenters. The number of halogens is 1. The summed E-state index contributed by atoms with van der Waals surface area (Å²) in [6, 6.07) is 6.08. The van der Waals surface area contributed by atoms with Gasteiger partial charge in [0.1, 0.15) is 10.1 Å². The fraction of sp³-hybridized carbons (Fsp3) is 0.200. The van der Waals surface area contributed by atoms with E-state index in [1.807, 2.05) is 0 Å². The molecule has 1 heterocycles. The quantitative estimate of drug-likeness (QED) is 0.740. The zero-order chi connectivity index (χ0) is 10.8. The average molecular weight is 241 g/mol. The molecule has 0 atom stereocenters. The molecule has 2 nitrogen and oxygen atoms in total. The fourth-order valence-electron chi connectivity index (χ4n) is 1.31. The standard InChI is InChI=1S/C10H8FNOS2/c11-8-3-1-7(2-4-8)5-12-9(13)6-15-10(12)14/h1-4H,5-6H2. The van der Waals surface area contributed by atoms with E-state index >= 15 is 0 Å². The van der Waals surface area contributed by atoms with Gasteiger partial charge in [0, 0.05) is 0 Å². The number of hydrogen-bond acceptors (Lipinski definition) is 3. The second kappa shape index (κ2) is 4.28. The largest absolute Gasteiger partial charge is 0.293 e. The highest BCUT2D eigenvalue weighted by molar-refractivity contribution is 8.23. The normalized spacial score (nSPS) is 16.2. The molecule has 0 bridgehead atoms. The molecule has 2 rings (SSSR count). The molecule has 1 fully saturated rings. The highest BCUT2D eigenvalue weighted by atomic mass is 32.2. The number of amides is 1. The number of benzene rings is 1. The number of rotatable bonds is 2. The summed E-state index contributed by atoms with van der Waals surface area (Å²) in [6.07, 6.45) is 0. The van der Waals surface area contributed by atoms with Crippen molar-refractivity contribution >= 4 is 34.2 Å². The van der Waals surface area contributed by atoms with Crippen molar-refractivity contribution < 1.29 is 9.18 Å². The van der Waals surface area contributed by atoms with Gasteiger partial charge >= 0.3 is 0 Å². The number of carbonyl (C=O) groups is 1. The first kappa shape index (κ1) is 10.6. The first-order valence-corrected chi connectivity index (χ1v) is 5.78. The molecule has 0 aromatic heterocycles. The van der Waals surface area contributed by atoms with Crippen molar-refractivity contribution in [3.8, 4) is 0 Å². The van der Waals surface area contributed by atoms with E-state index in [1.165, 1.54) is 23.9 Å². The molecule has 1 aliphatic heterocycles. The molecule has 1 aliphatic rings. The molecular weight excluding hydrogens is 233 g/mol. The monoisotopic (exact) mass is 241 g/mol. The van der Waals surface area contributed by atoms with Crippen LogP contribution in [0.5, 0.6) is 0 Å². The summed E-state index contributed by atoms with van der Waals surface area (Å²) in [6.45, 7) is 0.435. The minimum Gasteiger partial charge on any atom is -0.293 e. The van der Waals surface area contributed by atoms with E-state index in [-0.39, 0.29) is 11.7 Å². The van der Waals surface area contributed by atoms with Crippen LogP contribution in [0.15, 0.2) is 24.3 Å². The van der Waals surface area contributed by atoms with Gasteiger partial charge in [0.15, 0.2) is 0 Å². The predicted molar refractivity (Wildman–Crippen MR) is 62.0 cm³/mol. The van der Waals surface area contributed by atoms with Crippen LogP contribution in [0.2, 0.25) is 0 Å². The van der Waals surface area contributed by atoms with E-state index < -0.39 is 0 Å². The summed E-state index contributed by atoms with van der Waals surface area (Å²) in [5, 5.41) is 0. The van der Waals surface area contributed by atoms with Crippen molar-refractivity contribution in [3.63, 3.8) is 0 Å². The zero-order valence-corrected chi connectivity index (χ0v) is 9.41. The third-order valence-electron chi connectivity index (χ3n) is 2.09. The van der Waals surface area contributed by atoms with E-state index in [4.69, 9.17) is 12.2 Å². The molecule has 5 heteroatoms. The lowest BCUT2D eigenvalue weighted by Crippen LogP contribution is -2.27. The van der Waals surface area contributed by atoms with Gasteiger partial charge in [-0.1, -0.05) is 36.1 Å². The van der Waals surface area contributed by atoms with Gasteiger partial charge in [-0.15, -0.1) is 0 Å². The Hall–Kier alpha value is -0.940. The Bertz CT molecular complexity index is 388. The molecule has 15 heavy (non-hydrogen) atoms. The van der Waals surface area contributed by atoms with Crippen LogP contribution in [-0.4, -0.2) is 20.9 Å². The van der Waals surface area contributed by atoms with Crippen molar-refractivity contribution in [1.82, 2.24) is 4.90 Å². The van der Waals surface area contributed by atoms with Crippen molar-refractivity contribution in [2.45, 2.75) is 6.54 Å². The number of nitrogens with zero attached hydrogens (tertiary/aromatic N) is 1. The lowest BCUT2D eigenvalue weighted by Gasteiger charge is -2.14. The summed E-state index contributed by atoms with van der Waals surface area (Å²) in [5.41, 5.74) is 0.884. The maximum Gasteiger partial charge on any atom is 0.238 e. The molecule has 78 valence electrons. The van der Waals surface area contributed by atoms with E-state index in [2.05, 4.69) is 0 Å². The fourth-order valence-corrected chi connectivity index (χ4v) is 2.37. The number of carbonyl (C=O) groups excluding carboxylic acids is 1. The molecule has 0 N–H and O–H groups in total. The van der Waals surface area contributed by atoms with E-state index in [0.29, 0.717) is 16.6 Å². The Kier molecular flexibility index (Phi) is 3.02.